The van der Waals surface area contributed by atoms with Gasteiger partial charge in [-0.2, -0.15) is 0 Å². The van der Waals surface area contributed by atoms with E-state index in [1.54, 1.807) is 6.92 Å². The minimum atomic E-state index is -0.716. The molecule has 0 aromatic heterocycles. The Balaban J connectivity index is 2.55. The lowest BCUT2D eigenvalue weighted by Gasteiger charge is -2.09. The Morgan fingerprint density at radius 1 is 1.48 bits per heavy atom. The van der Waals surface area contributed by atoms with E-state index in [-0.39, 0.29) is 18.7 Å². The minimum Gasteiger partial charge on any atom is -0.391 e. The summed E-state index contributed by atoms with van der Waals surface area (Å²) in [6, 6.07) is 3.19. The highest BCUT2D eigenvalue weighted by Crippen LogP contribution is 2.18. The molecule has 21 heavy (non-hydrogen) atoms. The molecule has 1 aromatic carbocycles. The van der Waals surface area contributed by atoms with E-state index in [9.17, 15) is 18.7 Å². The summed E-state index contributed by atoms with van der Waals surface area (Å²) in [5.74, 6) is -1.78. The lowest BCUT2D eigenvalue weighted by atomic mass is 10.1. The lowest BCUT2D eigenvalue weighted by Crippen LogP contribution is -2.27. The van der Waals surface area contributed by atoms with E-state index in [0.717, 1.165) is 12.1 Å². The topological polar surface area (TPSA) is 58.6 Å². The van der Waals surface area contributed by atoms with Crippen molar-refractivity contribution in [1.82, 2.24) is 5.32 Å². The lowest BCUT2D eigenvalue weighted by molar-refractivity contribution is -0.116. The Labute approximate surface area is 122 Å². The molecule has 0 heterocycles. The van der Waals surface area contributed by atoms with Crippen LogP contribution in [0.3, 0.4) is 0 Å². The fraction of sp³-hybridized carbons (Fsp3) is 0.400. The average molecular weight is 299 g/mol. The Morgan fingerprint density at radius 2 is 2.19 bits per heavy atom. The van der Waals surface area contributed by atoms with Crippen LogP contribution in [0.1, 0.15) is 18.9 Å². The molecule has 0 aliphatic heterocycles. The third-order valence-corrected chi connectivity index (χ3v) is 2.84. The molecule has 116 valence electrons. The summed E-state index contributed by atoms with van der Waals surface area (Å²) >= 11 is 0. The number of carbonyl (C=O) groups excluding carboxylic acids is 1. The molecule has 1 aromatic rings. The number of aliphatic hydroxyl groups excluding tert-OH is 1. The minimum absolute atomic E-state index is 0.172. The average Bonchev–Trinajstić information content (AvgIpc) is 2.38. The molecule has 1 amide bonds. The second-order valence-electron chi connectivity index (χ2n) is 4.64. The normalized spacial score (nSPS) is 13.1. The van der Waals surface area contributed by atoms with Crippen LogP contribution in [0.25, 0.3) is 5.57 Å². The fourth-order valence-electron chi connectivity index (χ4n) is 1.77. The number of benzene rings is 1. The molecule has 1 unspecified atom stereocenters. The van der Waals surface area contributed by atoms with E-state index in [1.165, 1.54) is 19.3 Å². The predicted molar refractivity (Wildman–Crippen MR) is 75.5 cm³/mol. The Kier molecular flexibility index (Phi) is 6.98. The zero-order valence-electron chi connectivity index (χ0n) is 12.0. The highest BCUT2D eigenvalue weighted by molar-refractivity contribution is 5.94. The molecule has 0 bridgehead atoms. The van der Waals surface area contributed by atoms with E-state index in [2.05, 4.69) is 5.32 Å². The number of rotatable bonds is 7. The number of carbonyl (C=O) groups is 1. The molecule has 6 heteroatoms. The maximum atomic E-state index is 13.5. The Bertz CT molecular complexity index is 518. The molecule has 1 atom stereocenters. The maximum absolute atomic E-state index is 13.5. The fourth-order valence-corrected chi connectivity index (χ4v) is 1.77. The summed E-state index contributed by atoms with van der Waals surface area (Å²) < 4.78 is 31.1. The van der Waals surface area contributed by atoms with Crippen molar-refractivity contribution in [2.45, 2.75) is 19.4 Å². The van der Waals surface area contributed by atoms with Gasteiger partial charge in [0.15, 0.2) is 0 Å². The number of amides is 1. The zero-order valence-corrected chi connectivity index (χ0v) is 12.0. The first kappa shape index (κ1) is 17.3. The summed E-state index contributed by atoms with van der Waals surface area (Å²) in [6.07, 6.45) is 0.950. The number of ether oxygens (including phenoxy) is 1. The summed E-state index contributed by atoms with van der Waals surface area (Å²) in [7, 11) is 1.48. The number of methoxy groups -OCH3 is 1. The van der Waals surface area contributed by atoms with Crippen LogP contribution in [0, 0.1) is 11.6 Å². The van der Waals surface area contributed by atoms with Gasteiger partial charge in [-0.1, -0.05) is 0 Å². The summed E-state index contributed by atoms with van der Waals surface area (Å²) in [4.78, 5) is 11.6. The van der Waals surface area contributed by atoms with Gasteiger partial charge in [-0.25, -0.2) is 8.78 Å². The molecular weight excluding hydrogens is 280 g/mol. The van der Waals surface area contributed by atoms with Crippen molar-refractivity contribution in [1.29, 1.82) is 0 Å². The SMILES string of the molecule is COCC(O)CCNC(=O)/C=C(/C)c1ccc(F)cc1F. The van der Waals surface area contributed by atoms with Crippen LogP contribution < -0.4 is 5.32 Å². The first-order chi connectivity index (χ1) is 9.93. The monoisotopic (exact) mass is 299 g/mol. The van der Waals surface area contributed by atoms with Gasteiger partial charge in [0.2, 0.25) is 5.91 Å². The quantitative estimate of drug-likeness (QED) is 0.756. The van der Waals surface area contributed by atoms with E-state index in [4.69, 9.17) is 4.74 Å². The van der Waals surface area contributed by atoms with Gasteiger partial charge in [0.05, 0.1) is 12.7 Å². The van der Waals surface area contributed by atoms with Gasteiger partial charge in [0.25, 0.3) is 0 Å². The maximum Gasteiger partial charge on any atom is 0.244 e. The number of halogens is 2. The molecule has 0 aliphatic carbocycles. The van der Waals surface area contributed by atoms with E-state index >= 15 is 0 Å². The largest absolute Gasteiger partial charge is 0.391 e. The molecule has 0 fully saturated rings. The molecule has 0 saturated heterocycles. The number of hydrogen-bond acceptors (Lipinski definition) is 3. The van der Waals surface area contributed by atoms with Gasteiger partial charge in [0, 0.05) is 31.4 Å². The second kappa shape index (κ2) is 8.49. The van der Waals surface area contributed by atoms with Crippen LogP contribution in [-0.4, -0.2) is 37.4 Å². The van der Waals surface area contributed by atoms with Gasteiger partial charge < -0.3 is 15.2 Å². The number of aliphatic hydroxyl groups is 1. The van der Waals surface area contributed by atoms with Crippen LogP contribution >= 0.6 is 0 Å². The van der Waals surface area contributed by atoms with E-state index in [0.29, 0.717) is 12.0 Å². The van der Waals surface area contributed by atoms with Crippen LogP contribution in [0.4, 0.5) is 8.78 Å². The van der Waals surface area contributed by atoms with Crippen LogP contribution in [0.5, 0.6) is 0 Å². The molecular formula is C15H19F2NO3. The molecule has 0 spiro atoms. The summed E-state index contributed by atoms with van der Waals surface area (Å²) in [6.45, 7) is 2.04. The van der Waals surface area contributed by atoms with Crippen LogP contribution in [0.2, 0.25) is 0 Å². The first-order valence-corrected chi connectivity index (χ1v) is 6.52. The van der Waals surface area contributed by atoms with E-state index < -0.39 is 23.6 Å². The van der Waals surface area contributed by atoms with Crippen LogP contribution in [0.15, 0.2) is 24.3 Å². The van der Waals surface area contributed by atoms with Gasteiger partial charge in [-0.3, -0.25) is 4.79 Å². The van der Waals surface area contributed by atoms with Crippen molar-refractivity contribution < 1.29 is 23.4 Å². The number of allylic oxidation sites excluding steroid dienone is 1. The smallest absolute Gasteiger partial charge is 0.244 e. The highest BCUT2D eigenvalue weighted by Gasteiger charge is 2.08. The van der Waals surface area contributed by atoms with Crippen LogP contribution in [-0.2, 0) is 9.53 Å². The van der Waals surface area contributed by atoms with Gasteiger partial charge >= 0.3 is 0 Å². The highest BCUT2D eigenvalue weighted by atomic mass is 19.1. The van der Waals surface area contributed by atoms with Crippen molar-refractivity contribution in [2.24, 2.45) is 0 Å². The molecule has 4 nitrogen and oxygen atoms in total. The van der Waals surface area contributed by atoms with Crippen molar-refractivity contribution in [3.05, 3.63) is 41.5 Å². The van der Waals surface area contributed by atoms with Gasteiger partial charge in [-0.15, -0.1) is 0 Å². The Morgan fingerprint density at radius 3 is 2.81 bits per heavy atom. The van der Waals surface area contributed by atoms with E-state index in [1.807, 2.05) is 0 Å². The van der Waals surface area contributed by atoms with Crippen molar-refractivity contribution >= 4 is 11.5 Å². The molecule has 0 saturated carbocycles. The molecule has 1 rings (SSSR count). The third kappa shape index (κ3) is 6.01. The van der Waals surface area contributed by atoms with Crippen molar-refractivity contribution in [3.8, 4) is 0 Å². The molecule has 0 radical (unpaired) electrons. The number of hydrogen-bond donors (Lipinski definition) is 2. The van der Waals surface area contributed by atoms with Gasteiger partial charge in [0.1, 0.15) is 11.6 Å². The third-order valence-electron chi connectivity index (χ3n) is 2.84. The van der Waals surface area contributed by atoms with Gasteiger partial charge in [-0.05, 0) is 31.1 Å². The molecule has 0 aliphatic rings. The summed E-state index contributed by atoms with van der Waals surface area (Å²) in [5.41, 5.74) is 0.563. The number of nitrogens with one attached hydrogen (secondary N) is 1. The first-order valence-electron chi connectivity index (χ1n) is 6.52. The van der Waals surface area contributed by atoms with Crippen molar-refractivity contribution in [2.75, 3.05) is 20.3 Å². The van der Waals surface area contributed by atoms with Crippen molar-refractivity contribution in [3.63, 3.8) is 0 Å². The predicted octanol–water partition coefficient (Wildman–Crippen LogP) is 1.88. The molecule has 2 N–H and O–H groups in total. The summed E-state index contributed by atoms with van der Waals surface area (Å²) in [5, 5.41) is 12.0. The Hall–Kier alpha value is -1.79. The standard InChI is InChI=1S/C15H19F2NO3/c1-10(13-4-3-11(16)8-14(13)17)7-15(20)18-6-5-12(19)9-21-2/h3-4,7-8,12,19H,5-6,9H2,1-2H3,(H,18,20)/b10-7-. The zero-order chi connectivity index (χ0) is 15.8. The second-order valence-corrected chi connectivity index (χ2v) is 4.64.